The summed E-state index contributed by atoms with van der Waals surface area (Å²) in [5.74, 6) is 5.14. The third-order valence-corrected chi connectivity index (χ3v) is 18.4. The molecule has 10 aliphatic rings. The van der Waals surface area contributed by atoms with Crippen molar-refractivity contribution < 1.29 is 49.0 Å². The molecular weight excluding hydrogens is 751 g/mol. The molecule has 6 fully saturated rings. The zero-order valence-corrected chi connectivity index (χ0v) is 38.3. The third kappa shape index (κ3) is 5.08. The molecule has 0 aromatic carbocycles. The number of rotatable bonds is 1. The minimum atomic E-state index is 0. The second-order valence-electron chi connectivity index (χ2n) is 20.0. The Morgan fingerprint density at radius 2 is 1.17 bits per heavy atom. The number of hydrogen-bond acceptors (Lipinski definition) is 0. The first-order valence-corrected chi connectivity index (χ1v) is 21.3. The van der Waals surface area contributed by atoms with Gasteiger partial charge in [-0.15, -0.1) is 17.4 Å². The van der Waals surface area contributed by atoms with Crippen LogP contribution in [0, 0.1) is 91.3 Å². The molecule has 0 nitrogen and oxygen atoms in total. The third-order valence-electron chi connectivity index (χ3n) is 18.4. The van der Waals surface area contributed by atoms with E-state index in [-0.39, 0.29) is 62.7 Å². The van der Waals surface area contributed by atoms with Gasteiger partial charge in [0.1, 0.15) is 0 Å². The minimum absolute atomic E-state index is 0. The molecule has 9 unspecified atom stereocenters. The summed E-state index contributed by atoms with van der Waals surface area (Å²) in [7, 11) is 0. The molecule has 0 amide bonds. The first-order chi connectivity index (χ1) is 23.3. The molecule has 0 radical (unpaired) electrons. The van der Waals surface area contributed by atoms with Crippen molar-refractivity contribution in [2.75, 3.05) is 0 Å². The summed E-state index contributed by atoms with van der Waals surface area (Å²) in [5, 5.41) is 0. The van der Waals surface area contributed by atoms with Crippen LogP contribution in [0.1, 0.15) is 115 Å². The fourth-order valence-corrected chi connectivity index (χ4v) is 14.8. The van der Waals surface area contributed by atoms with Crippen LogP contribution in [0.25, 0.3) is 0 Å². The van der Waals surface area contributed by atoms with Gasteiger partial charge in [-0.1, -0.05) is 140 Å². The van der Waals surface area contributed by atoms with E-state index in [2.05, 4.69) is 175 Å². The van der Waals surface area contributed by atoms with Crippen LogP contribution in [0.2, 0.25) is 0 Å². The summed E-state index contributed by atoms with van der Waals surface area (Å²) < 4.78 is 1.51. The number of halogens is 2. The molecular formula is C49H66Cl2Zr-2. The summed E-state index contributed by atoms with van der Waals surface area (Å²) >= 11 is 1.55. The molecule has 0 N–H and O–H groups in total. The van der Waals surface area contributed by atoms with Gasteiger partial charge in [-0.2, -0.15) is 11.6 Å². The van der Waals surface area contributed by atoms with Gasteiger partial charge in [0, 0.05) is 10.8 Å². The van der Waals surface area contributed by atoms with E-state index in [1.54, 1.807) is 36.2 Å². The summed E-state index contributed by atoms with van der Waals surface area (Å²) in [6.45, 7) is 29.4. The quantitative estimate of drug-likeness (QED) is 0.256. The van der Waals surface area contributed by atoms with Gasteiger partial charge >= 0.3 is 41.3 Å². The second-order valence-corrected chi connectivity index (χ2v) is 22.5. The summed E-state index contributed by atoms with van der Waals surface area (Å²) in [5.41, 5.74) is 3.88. The van der Waals surface area contributed by atoms with Crippen molar-refractivity contribution in [1.82, 2.24) is 0 Å². The van der Waals surface area contributed by atoms with Gasteiger partial charge < -0.3 is 31.2 Å². The first-order valence-electron chi connectivity index (χ1n) is 20.1. The van der Waals surface area contributed by atoms with E-state index in [1.807, 2.05) is 0 Å². The smallest absolute Gasteiger partial charge is 1.00 e. The SMILES string of the molecule is CC1=CC=CC2[CH-]C3(C)C4(C)C=CC=CC4(C)C4(C)C=CC=CC4(C)C3(C)C12C.CC1[C-]=CC(C2(C)C3CC4CC(C3)CC2C4)=C1.C[C](C)=[Zr+2].[Cl-].[Cl-]. The average Bonchev–Trinajstić information content (AvgIpc) is 3.57. The van der Waals surface area contributed by atoms with Crippen LogP contribution in [-0.4, -0.2) is 3.21 Å². The molecule has 0 aliphatic heterocycles. The zero-order valence-electron chi connectivity index (χ0n) is 34.3. The van der Waals surface area contributed by atoms with E-state index in [0.717, 1.165) is 23.7 Å². The molecule has 282 valence electrons. The molecule has 0 heterocycles. The molecule has 3 heteroatoms. The Hall–Kier alpha value is -0.747. The molecule has 52 heavy (non-hydrogen) atoms. The molecule has 0 aromatic rings. The van der Waals surface area contributed by atoms with Crippen molar-refractivity contribution in [3.05, 3.63) is 103 Å². The predicted molar refractivity (Wildman–Crippen MR) is 211 cm³/mol. The molecule has 0 aromatic heterocycles. The summed E-state index contributed by atoms with van der Waals surface area (Å²) in [6.07, 6.45) is 45.2. The van der Waals surface area contributed by atoms with Gasteiger partial charge in [0.25, 0.3) is 0 Å². The number of hydrogen-bond donors (Lipinski definition) is 0. The predicted octanol–water partition coefficient (Wildman–Crippen LogP) is 6.78. The topological polar surface area (TPSA) is 0 Å². The maximum atomic E-state index is 3.49. The number of allylic oxidation sites excluding steroid dienone is 16. The Bertz CT molecular complexity index is 1670. The molecule has 10 aliphatic carbocycles. The maximum absolute atomic E-state index is 3.49. The van der Waals surface area contributed by atoms with Gasteiger partial charge in [0.05, 0.1) is 0 Å². The molecule has 0 saturated heterocycles. The van der Waals surface area contributed by atoms with Crippen LogP contribution in [0.4, 0.5) is 0 Å². The molecule has 9 atom stereocenters. The average molecular weight is 817 g/mol. The summed E-state index contributed by atoms with van der Waals surface area (Å²) in [6, 6.07) is 0. The molecule has 0 spiro atoms. The Morgan fingerprint density at radius 3 is 1.65 bits per heavy atom. The van der Waals surface area contributed by atoms with E-state index < -0.39 is 0 Å². The van der Waals surface area contributed by atoms with Gasteiger partial charge in [-0.25, -0.2) is 6.08 Å². The Balaban J connectivity index is 0.000000193. The first kappa shape index (κ1) is 42.4. The monoisotopic (exact) mass is 814 g/mol. The van der Waals surface area contributed by atoms with Crippen LogP contribution in [0.3, 0.4) is 0 Å². The minimum Gasteiger partial charge on any atom is -1.00 e. The largest absolute Gasteiger partial charge is 1.00 e. The summed E-state index contributed by atoms with van der Waals surface area (Å²) in [4.78, 5) is 0. The van der Waals surface area contributed by atoms with Crippen LogP contribution >= 0.6 is 0 Å². The van der Waals surface area contributed by atoms with Gasteiger partial charge in [0.15, 0.2) is 0 Å². The van der Waals surface area contributed by atoms with E-state index in [0.29, 0.717) is 17.3 Å². The van der Waals surface area contributed by atoms with E-state index in [1.165, 1.54) is 34.5 Å². The Morgan fingerprint density at radius 1 is 0.712 bits per heavy atom. The van der Waals surface area contributed by atoms with Gasteiger partial charge in [0.2, 0.25) is 0 Å². The van der Waals surface area contributed by atoms with Crippen molar-refractivity contribution in [3.63, 3.8) is 0 Å². The van der Waals surface area contributed by atoms with Crippen molar-refractivity contribution in [2.24, 2.45) is 78.8 Å². The van der Waals surface area contributed by atoms with Crippen LogP contribution in [0.5, 0.6) is 0 Å². The molecule has 10 rings (SSSR count). The fourth-order valence-electron chi connectivity index (χ4n) is 14.8. The number of fused-ring (bicyclic) bond motifs is 8. The van der Waals surface area contributed by atoms with E-state index >= 15 is 0 Å². The van der Waals surface area contributed by atoms with E-state index in [4.69, 9.17) is 0 Å². The Kier molecular flexibility index (Phi) is 11.2. The normalized spacial score (nSPS) is 51.6. The van der Waals surface area contributed by atoms with Crippen molar-refractivity contribution >= 4 is 3.21 Å². The fraction of sp³-hybridized carbons (Fsp3) is 0.633. The van der Waals surface area contributed by atoms with Crippen LogP contribution in [-0.2, 0) is 24.2 Å². The molecule has 6 saturated carbocycles. The maximum Gasteiger partial charge on any atom is -1.00 e. The van der Waals surface area contributed by atoms with Crippen molar-refractivity contribution in [3.8, 4) is 0 Å². The molecule has 4 bridgehead atoms. The van der Waals surface area contributed by atoms with Crippen LogP contribution in [0.15, 0.2) is 90.1 Å². The van der Waals surface area contributed by atoms with Crippen molar-refractivity contribution in [1.29, 1.82) is 0 Å². The van der Waals surface area contributed by atoms with Gasteiger partial charge in [-0.3, -0.25) is 6.08 Å². The van der Waals surface area contributed by atoms with E-state index in [9.17, 15) is 0 Å². The van der Waals surface area contributed by atoms with Gasteiger partial charge in [-0.05, 0) is 84.4 Å². The second kappa shape index (κ2) is 13.7. The van der Waals surface area contributed by atoms with Crippen molar-refractivity contribution in [2.45, 2.75) is 115 Å². The standard InChI is InChI=1S/C29H37.C17H23.C3H6.2ClH.Zr/c1-21-14-13-15-22-20-27(6)25(4)18-10-9-16-23(25,2)24(3)17-11-12-19-26(24,5)29(27,8)28(21,22)7;1-11-3-4-14(5-11)17(2)15-7-12-6-13(9-15)10-16(17)8-12;1-3-2;;;/h9-20,22H,1-8H3;4-5,11-13,15-16H,6-10H2,1-2H3;1-2H3;2*1H;/q2*-1;;;;+2/p-2. The Labute approximate surface area is 346 Å². The van der Waals surface area contributed by atoms with Crippen LogP contribution < -0.4 is 24.8 Å². The zero-order chi connectivity index (χ0) is 36.3.